The second-order valence-electron chi connectivity index (χ2n) is 4.20. The Hall–Kier alpha value is -2.36. The number of fused-ring (bicyclic) bond motifs is 1. The van der Waals surface area contributed by atoms with Gasteiger partial charge in [-0.3, -0.25) is 0 Å². The van der Waals surface area contributed by atoms with Gasteiger partial charge in [-0.15, -0.1) is 0 Å². The molecular weight excluding hydrogens is 242 g/mol. The normalized spacial score (nSPS) is 12.3. The van der Waals surface area contributed by atoms with Crippen LogP contribution in [0.5, 0.6) is 17.2 Å². The summed E-state index contributed by atoms with van der Waals surface area (Å²) in [6, 6.07) is 13.7. The van der Waals surface area contributed by atoms with Gasteiger partial charge in [0.2, 0.25) is 6.79 Å². The van der Waals surface area contributed by atoms with Gasteiger partial charge >= 0.3 is 0 Å². The quantitative estimate of drug-likeness (QED) is 0.913. The first-order chi connectivity index (χ1) is 9.38. The van der Waals surface area contributed by atoms with Crippen molar-refractivity contribution in [3.05, 3.63) is 48.0 Å². The lowest BCUT2D eigenvalue weighted by molar-refractivity contribution is 0.173. The molecule has 0 spiro atoms. The van der Waals surface area contributed by atoms with Crippen molar-refractivity contribution in [2.24, 2.45) is 0 Å². The van der Waals surface area contributed by atoms with E-state index in [1.807, 2.05) is 42.5 Å². The highest BCUT2D eigenvalue weighted by Crippen LogP contribution is 2.36. The fourth-order valence-electron chi connectivity index (χ4n) is 2.11. The highest BCUT2D eigenvalue weighted by molar-refractivity contribution is 5.57. The van der Waals surface area contributed by atoms with Crippen molar-refractivity contribution < 1.29 is 14.2 Å². The molecule has 0 atom stereocenters. The number of hydrogen-bond acceptors (Lipinski definition) is 4. The maximum absolute atomic E-state index is 5.48. The lowest BCUT2D eigenvalue weighted by Crippen LogP contribution is -2.02. The monoisotopic (exact) mass is 257 g/mol. The molecule has 1 aliphatic heterocycles. The van der Waals surface area contributed by atoms with E-state index >= 15 is 0 Å². The Labute approximate surface area is 111 Å². The second kappa shape index (κ2) is 5.10. The zero-order chi connectivity index (χ0) is 13.1. The SMILES string of the molecule is COc1ccccc1NCc1cccc2c1OCO2. The van der Waals surface area contributed by atoms with Gasteiger partial charge in [0, 0.05) is 12.1 Å². The molecule has 1 heterocycles. The van der Waals surface area contributed by atoms with Crippen LogP contribution in [0.25, 0.3) is 0 Å². The Bertz CT molecular complexity index is 583. The van der Waals surface area contributed by atoms with Gasteiger partial charge in [-0.05, 0) is 18.2 Å². The van der Waals surface area contributed by atoms with Gasteiger partial charge in [-0.2, -0.15) is 0 Å². The summed E-state index contributed by atoms with van der Waals surface area (Å²) in [5.41, 5.74) is 2.03. The molecule has 0 aliphatic carbocycles. The van der Waals surface area contributed by atoms with Crippen LogP contribution >= 0.6 is 0 Å². The summed E-state index contributed by atoms with van der Waals surface area (Å²) < 4.78 is 16.2. The fraction of sp³-hybridized carbons (Fsp3) is 0.200. The third kappa shape index (κ3) is 2.29. The molecule has 3 rings (SSSR count). The molecule has 0 amide bonds. The van der Waals surface area contributed by atoms with Crippen LogP contribution in [0.3, 0.4) is 0 Å². The minimum atomic E-state index is 0.293. The number of benzene rings is 2. The zero-order valence-electron chi connectivity index (χ0n) is 10.7. The van der Waals surface area contributed by atoms with E-state index in [0.29, 0.717) is 13.3 Å². The Morgan fingerprint density at radius 2 is 2.00 bits per heavy atom. The molecule has 1 N–H and O–H groups in total. The lowest BCUT2D eigenvalue weighted by atomic mass is 10.2. The summed E-state index contributed by atoms with van der Waals surface area (Å²) in [6.07, 6.45) is 0. The average molecular weight is 257 g/mol. The summed E-state index contributed by atoms with van der Waals surface area (Å²) in [6.45, 7) is 0.952. The smallest absolute Gasteiger partial charge is 0.231 e. The summed E-state index contributed by atoms with van der Waals surface area (Å²) in [5.74, 6) is 2.46. The first kappa shape index (κ1) is 11.7. The molecule has 0 bridgehead atoms. The molecule has 19 heavy (non-hydrogen) atoms. The van der Waals surface area contributed by atoms with E-state index < -0.39 is 0 Å². The summed E-state index contributed by atoms with van der Waals surface area (Å²) >= 11 is 0. The zero-order valence-corrected chi connectivity index (χ0v) is 10.7. The van der Waals surface area contributed by atoms with E-state index in [4.69, 9.17) is 14.2 Å². The highest BCUT2D eigenvalue weighted by Gasteiger charge is 2.16. The van der Waals surface area contributed by atoms with Crippen molar-refractivity contribution in [1.29, 1.82) is 0 Å². The van der Waals surface area contributed by atoms with Crippen LogP contribution in [0.1, 0.15) is 5.56 Å². The summed E-state index contributed by atoms with van der Waals surface area (Å²) in [4.78, 5) is 0. The molecule has 1 aliphatic rings. The van der Waals surface area contributed by atoms with Crippen molar-refractivity contribution in [3.8, 4) is 17.2 Å². The van der Waals surface area contributed by atoms with Crippen LogP contribution < -0.4 is 19.5 Å². The third-order valence-corrected chi connectivity index (χ3v) is 3.05. The van der Waals surface area contributed by atoms with Crippen LogP contribution in [0.4, 0.5) is 5.69 Å². The van der Waals surface area contributed by atoms with Crippen LogP contribution in [-0.2, 0) is 6.54 Å². The molecule has 0 aromatic heterocycles. The van der Waals surface area contributed by atoms with E-state index in [0.717, 1.165) is 28.5 Å². The molecule has 4 nitrogen and oxygen atoms in total. The molecule has 0 fully saturated rings. The molecule has 4 heteroatoms. The Morgan fingerprint density at radius 3 is 2.89 bits per heavy atom. The van der Waals surface area contributed by atoms with E-state index in [2.05, 4.69) is 5.32 Å². The summed E-state index contributed by atoms with van der Waals surface area (Å²) in [5, 5.41) is 3.35. The molecule has 2 aromatic rings. The number of anilines is 1. The van der Waals surface area contributed by atoms with Gasteiger partial charge in [0.05, 0.1) is 12.8 Å². The Balaban J connectivity index is 1.78. The molecule has 0 radical (unpaired) electrons. The number of ether oxygens (including phenoxy) is 3. The van der Waals surface area contributed by atoms with E-state index in [9.17, 15) is 0 Å². The van der Waals surface area contributed by atoms with Crippen LogP contribution in [0, 0.1) is 0 Å². The number of nitrogens with one attached hydrogen (secondary N) is 1. The van der Waals surface area contributed by atoms with E-state index in [1.54, 1.807) is 7.11 Å². The highest BCUT2D eigenvalue weighted by atomic mass is 16.7. The van der Waals surface area contributed by atoms with E-state index in [1.165, 1.54) is 0 Å². The van der Waals surface area contributed by atoms with Crippen LogP contribution in [0.15, 0.2) is 42.5 Å². The summed E-state index contributed by atoms with van der Waals surface area (Å²) in [7, 11) is 1.66. The number of hydrogen-bond donors (Lipinski definition) is 1. The number of para-hydroxylation sites is 3. The standard InChI is InChI=1S/C15H15NO3/c1-17-13-7-3-2-6-12(13)16-9-11-5-4-8-14-15(11)19-10-18-14/h2-8,16H,9-10H2,1H3. The molecule has 98 valence electrons. The molecular formula is C15H15NO3. The minimum Gasteiger partial charge on any atom is -0.495 e. The van der Waals surface area contributed by atoms with Crippen molar-refractivity contribution in [2.75, 3.05) is 19.2 Å². The lowest BCUT2D eigenvalue weighted by Gasteiger charge is -2.12. The number of methoxy groups -OCH3 is 1. The largest absolute Gasteiger partial charge is 0.495 e. The van der Waals surface area contributed by atoms with Gasteiger partial charge in [0.25, 0.3) is 0 Å². The number of rotatable bonds is 4. The molecule has 0 saturated heterocycles. The topological polar surface area (TPSA) is 39.7 Å². The fourth-order valence-corrected chi connectivity index (χ4v) is 2.11. The maximum Gasteiger partial charge on any atom is 0.231 e. The van der Waals surface area contributed by atoms with Crippen molar-refractivity contribution in [3.63, 3.8) is 0 Å². The maximum atomic E-state index is 5.48. The molecule has 2 aromatic carbocycles. The van der Waals surface area contributed by atoms with Gasteiger partial charge in [-0.1, -0.05) is 24.3 Å². The molecule has 0 saturated carbocycles. The third-order valence-electron chi connectivity index (χ3n) is 3.05. The Morgan fingerprint density at radius 1 is 1.11 bits per heavy atom. The predicted octanol–water partition coefficient (Wildman–Crippen LogP) is 3.04. The second-order valence-corrected chi connectivity index (χ2v) is 4.20. The van der Waals surface area contributed by atoms with Gasteiger partial charge < -0.3 is 19.5 Å². The first-order valence-electron chi connectivity index (χ1n) is 6.13. The van der Waals surface area contributed by atoms with Crippen molar-refractivity contribution >= 4 is 5.69 Å². The predicted molar refractivity (Wildman–Crippen MR) is 72.9 cm³/mol. The first-order valence-corrected chi connectivity index (χ1v) is 6.13. The van der Waals surface area contributed by atoms with E-state index in [-0.39, 0.29) is 0 Å². The van der Waals surface area contributed by atoms with Crippen LogP contribution in [0.2, 0.25) is 0 Å². The Kier molecular flexibility index (Phi) is 3.14. The minimum absolute atomic E-state index is 0.293. The van der Waals surface area contributed by atoms with Crippen molar-refractivity contribution in [1.82, 2.24) is 0 Å². The average Bonchev–Trinajstić information content (AvgIpc) is 2.94. The van der Waals surface area contributed by atoms with Gasteiger partial charge in [0.15, 0.2) is 11.5 Å². The van der Waals surface area contributed by atoms with Gasteiger partial charge in [-0.25, -0.2) is 0 Å². The van der Waals surface area contributed by atoms with Gasteiger partial charge in [0.1, 0.15) is 5.75 Å². The molecule has 0 unspecified atom stereocenters. The van der Waals surface area contributed by atoms with Crippen LogP contribution in [-0.4, -0.2) is 13.9 Å². The van der Waals surface area contributed by atoms with Crippen molar-refractivity contribution in [2.45, 2.75) is 6.54 Å².